The maximum atomic E-state index is 11.7. The molecule has 5 heteroatoms. The maximum Gasteiger partial charge on any atom is 0.228 e. The average Bonchev–Trinajstić information content (AvgIpc) is 2.57. The van der Waals surface area contributed by atoms with Crippen LogP contribution in [-0.4, -0.2) is 17.3 Å². The highest BCUT2D eigenvalue weighted by molar-refractivity contribution is 9.10. The zero-order chi connectivity index (χ0) is 11.7. The number of hydrogen-bond acceptors (Lipinski definition) is 2. The largest absolute Gasteiger partial charge is 0.310 e. The predicted molar refractivity (Wildman–Crippen MR) is 68.5 cm³/mol. The molecule has 3 nitrogen and oxygen atoms in total. The van der Waals surface area contributed by atoms with Crippen molar-refractivity contribution in [2.75, 3.05) is 11.4 Å². The Morgan fingerprint density at radius 1 is 1.50 bits per heavy atom. The lowest BCUT2D eigenvalue weighted by Gasteiger charge is -2.17. The molecule has 1 atom stereocenters. The van der Waals surface area contributed by atoms with Crippen LogP contribution in [-0.2, 0) is 4.79 Å². The van der Waals surface area contributed by atoms with Crippen LogP contribution in [0.15, 0.2) is 22.7 Å². The van der Waals surface area contributed by atoms with Crippen molar-refractivity contribution in [1.29, 1.82) is 5.26 Å². The van der Waals surface area contributed by atoms with Gasteiger partial charge in [0.05, 0.1) is 11.3 Å². The maximum absolute atomic E-state index is 11.7. The fourth-order valence-corrected chi connectivity index (χ4v) is 2.64. The normalized spacial score (nSPS) is 19.9. The summed E-state index contributed by atoms with van der Waals surface area (Å²) in [5, 5.41) is 9.01. The van der Waals surface area contributed by atoms with Gasteiger partial charge < -0.3 is 4.90 Å². The van der Waals surface area contributed by atoms with Gasteiger partial charge in [-0.1, -0.05) is 31.9 Å². The van der Waals surface area contributed by atoms with Crippen molar-refractivity contribution in [1.82, 2.24) is 0 Å². The number of benzene rings is 1. The lowest BCUT2D eigenvalue weighted by Crippen LogP contribution is -2.25. The highest BCUT2D eigenvalue weighted by Crippen LogP contribution is 2.30. The van der Waals surface area contributed by atoms with Crippen LogP contribution in [0.1, 0.15) is 12.0 Å². The molecule has 1 unspecified atom stereocenters. The lowest BCUT2D eigenvalue weighted by atomic mass is 10.2. The molecule has 1 amide bonds. The van der Waals surface area contributed by atoms with Gasteiger partial charge in [0, 0.05) is 22.3 Å². The van der Waals surface area contributed by atoms with E-state index in [2.05, 4.69) is 37.9 Å². The minimum atomic E-state index is 0.0523. The molecular weight excluding hydrogens is 336 g/mol. The number of halogens is 2. The van der Waals surface area contributed by atoms with Crippen molar-refractivity contribution in [2.45, 2.75) is 11.2 Å². The Labute approximate surface area is 110 Å². The molecule has 1 aromatic carbocycles. The number of nitrogens with zero attached hydrogens (tertiary/aromatic N) is 2. The molecular formula is C11H8Br2N2O. The molecule has 0 saturated carbocycles. The lowest BCUT2D eigenvalue weighted by molar-refractivity contribution is -0.117. The molecule has 0 N–H and O–H groups in total. The molecule has 1 aliphatic heterocycles. The van der Waals surface area contributed by atoms with Gasteiger partial charge in [-0.25, -0.2) is 0 Å². The van der Waals surface area contributed by atoms with E-state index in [-0.39, 0.29) is 10.7 Å². The SMILES string of the molecule is N#Cc1ccc(Br)cc1N1CC(Br)CC1=O. The van der Waals surface area contributed by atoms with Crippen LogP contribution in [0, 0.1) is 11.3 Å². The Bertz CT molecular complexity index is 481. The molecule has 0 bridgehead atoms. The van der Waals surface area contributed by atoms with E-state index in [1.54, 1.807) is 17.0 Å². The molecule has 1 aromatic rings. The van der Waals surface area contributed by atoms with E-state index in [9.17, 15) is 4.79 Å². The number of alkyl halides is 1. The van der Waals surface area contributed by atoms with Crippen LogP contribution in [0.4, 0.5) is 5.69 Å². The molecule has 1 fully saturated rings. The van der Waals surface area contributed by atoms with E-state index in [0.717, 1.165) is 4.47 Å². The quantitative estimate of drug-likeness (QED) is 0.736. The van der Waals surface area contributed by atoms with Crippen molar-refractivity contribution in [3.05, 3.63) is 28.2 Å². The minimum Gasteiger partial charge on any atom is -0.310 e. The topological polar surface area (TPSA) is 44.1 Å². The summed E-state index contributed by atoms with van der Waals surface area (Å²) < 4.78 is 0.868. The van der Waals surface area contributed by atoms with Crippen molar-refractivity contribution in [2.24, 2.45) is 0 Å². The Morgan fingerprint density at radius 2 is 2.25 bits per heavy atom. The van der Waals surface area contributed by atoms with Crippen molar-refractivity contribution < 1.29 is 4.79 Å². The second-order valence-corrected chi connectivity index (χ2v) is 5.79. The molecule has 16 heavy (non-hydrogen) atoms. The number of rotatable bonds is 1. The van der Waals surface area contributed by atoms with Crippen LogP contribution in [0.3, 0.4) is 0 Å². The summed E-state index contributed by atoms with van der Waals surface area (Å²) in [5.74, 6) is 0.0523. The molecule has 1 aliphatic rings. The third kappa shape index (κ3) is 2.13. The summed E-state index contributed by atoms with van der Waals surface area (Å²) in [7, 11) is 0. The Morgan fingerprint density at radius 3 is 2.81 bits per heavy atom. The van der Waals surface area contributed by atoms with E-state index in [1.807, 2.05) is 6.07 Å². The Balaban J connectivity index is 2.44. The standard InChI is InChI=1S/C11H8Br2N2O/c12-8-2-1-7(5-14)10(3-8)15-6-9(13)4-11(15)16/h1-3,9H,4,6H2. The molecule has 0 radical (unpaired) electrons. The first-order valence-electron chi connectivity index (χ1n) is 4.76. The molecule has 1 heterocycles. The molecule has 82 valence electrons. The smallest absolute Gasteiger partial charge is 0.228 e. The van der Waals surface area contributed by atoms with E-state index in [4.69, 9.17) is 5.26 Å². The third-order valence-corrected chi connectivity index (χ3v) is 3.56. The van der Waals surface area contributed by atoms with E-state index in [0.29, 0.717) is 24.2 Å². The number of nitriles is 1. The number of carbonyl (C=O) groups excluding carboxylic acids is 1. The van der Waals surface area contributed by atoms with Gasteiger partial charge in [0.15, 0.2) is 0 Å². The van der Waals surface area contributed by atoms with E-state index in [1.165, 1.54) is 0 Å². The number of carbonyl (C=O) groups is 1. The monoisotopic (exact) mass is 342 g/mol. The summed E-state index contributed by atoms with van der Waals surface area (Å²) in [4.78, 5) is 13.6. The van der Waals surface area contributed by atoms with Crippen LogP contribution >= 0.6 is 31.9 Å². The first-order valence-corrected chi connectivity index (χ1v) is 6.47. The Kier molecular flexibility index (Phi) is 3.31. The fraction of sp³-hybridized carbons (Fsp3) is 0.273. The summed E-state index contributed by atoms with van der Waals surface area (Å²) in [6, 6.07) is 7.43. The van der Waals surface area contributed by atoms with Gasteiger partial charge >= 0.3 is 0 Å². The van der Waals surface area contributed by atoms with Gasteiger partial charge in [-0.05, 0) is 18.2 Å². The zero-order valence-corrected chi connectivity index (χ0v) is 11.5. The van der Waals surface area contributed by atoms with Crippen LogP contribution in [0.2, 0.25) is 0 Å². The van der Waals surface area contributed by atoms with Gasteiger partial charge in [-0.3, -0.25) is 4.79 Å². The average molecular weight is 344 g/mol. The highest BCUT2D eigenvalue weighted by atomic mass is 79.9. The first-order chi connectivity index (χ1) is 7.61. The third-order valence-electron chi connectivity index (χ3n) is 2.45. The molecule has 0 aromatic heterocycles. The van der Waals surface area contributed by atoms with E-state index >= 15 is 0 Å². The van der Waals surface area contributed by atoms with Gasteiger partial charge in [-0.15, -0.1) is 0 Å². The van der Waals surface area contributed by atoms with Crippen molar-refractivity contribution in [3.63, 3.8) is 0 Å². The van der Waals surface area contributed by atoms with Crippen molar-refractivity contribution >= 4 is 43.5 Å². The second-order valence-electron chi connectivity index (χ2n) is 3.58. The Hall–Kier alpha value is -0.860. The molecule has 1 saturated heterocycles. The zero-order valence-electron chi connectivity index (χ0n) is 8.28. The number of hydrogen-bond donors (Lipinski definition) is 0. The van der Waals surface area contributed by atoms with Crippen LogP contribution in [0.5, 0.6) is 0 Å². The van der Waals surface area contributed by atoms with Crippen LogP contribution < -0.4 is 4.90 Å². The molecule has 0 spiro atoms. The fourth-order valence-electron chi connectivity index (χ4n) is 1.72. The molecule has 0 aliphatic carbocycles. The second kappa shape index (κ2) is 4.56. The first kappa shape index (κ1) is 11.6. The van der Waals surface area contributed by atoms with Gasteiger partial charge in [0.25, 0.3) is 0 Å². The highest BCUT2D eigenvalue weighted by Gasteiger charge is 2.30. The van der Waals surface area contributed by atoms with E-state index < -0.39 is 0 Å². The van der Waals surface area contributed by atoms with Gasteiger partial charge in [-0.2, -0.15) is 5.26 Å². The number of anilines is 1. The summed E-state index contributed by atoms with van der Waals surface area (Å²) >= 11 is 6.77. The summed E-state index contributed by atoms with van der Waals surface area (Å²) in [6.07, 6.45) is 0.484. The molecule has 2 rings (SSSR count). The van der Waals surface area contributed by atoms with Gasteiger partial charge in [0.1, 0.15) is 6.07 Å². The van der Waals surface area contributed by atoms with Crippen LogP contribution in [0.25, 0.3) is 0 Å². The summed E-state index contributed by atoms with van der Waals surface area (Å²) in [5.41, 5.74) is 1.21. The van der Waals surface area contributed by atoms with Crippen molar-refractivity contribution in [3.8, 4) is 6.07 Å². The minimum absolute atomic E-state index is 0.0523. The predicted octanol–water partition coefficient (Wildman–Crippen LogP) is 2.82. The number of amides is 1. The summed E-state index contributed by atoms with van der Waals surface area (Å²) in [6.45, 7) is 0.615. The van der Waals surface area contributed by atoms with Gasteiger partial charge in [0.2, 0.25) is 5.91 Å².